The van der Waals surface area contributed by atoms with Crippen LogP contribution >= 0.6 is 0 Å². The second-order valence-corrected chi connectivity index (χ2v) is 6.91. The molecule has 0 amide bonds. The van der Waals surface area contributed by atoms with E-state index < -0.39 is 0 Å². The molecular weight excluding hydrogens is 302 g/mol. The summed E-state index contributed by atoms with van der Waals surface area (Å²) < 4.78 is 11.8. The van der Waals surface area contributed by atoms with Gasteiger partial charge in [0.1, 0.15) is 0 Å². The van der Waals surface area contributed by atoms with Crippen LogP contribution in [-0.4, -0.2) is 47.8 Å². The number of hydrogen-bond donors (Lipinski definition) is 0. The van der Waals surface area contributed by atoms with E-state index in [1.54, 1.807) is 0 Å². The molecule has 2 aliphatic heterocycles. The van der Waals surface area contributed by atoms with Crippen molar-refractivity contribution in [2.75, 3.05) is 32.9 Å². The molecule has 0 aromatic carbocycles. The first-order valence-electron chi connectivity index (χ1n) is 8.51. The molecule has 0 aliphatic carbocycles. The smallest absolute Gasteiger partial charge is 0.0888 e. The van der Waals surface area contributed by atoms with E-state index >= 15 is 0 Å². The Balaban J connectivity index is 1.36. The first kappa shape index (κ1) is 15.7. The molecule has 2 aliphatic rings. The summed E-state index contributed by atoms with van der Waals surface area (Å²) in [4.78, 5) is 10.9. The van der Waals surface area contributed by atoms with Gasteiger partial charge in [-0.25, -0.2) is 0 Å². The van der Waals surface area contributed by atoms with Crippen molar-refractivity contribution in [3.05, 3.63) is 60.2 Å². The molecule has 0 spiro atoms. The second-order valence-electron chi connectivity index (χ2n) is 6.91. The highest BCUT2D eigenvalue weighted by Crippen LogP contribution is 2.42. The zero-order valence-electron chi connectivity index (χ0n) is 13.8. The minimum atomic E-state index is 0.127. The van der Waals surface area contributed by atoms with Gasteiger partial charge in [0.25, 0.3) is 0 Å². The summed E-state index contributed by atoms with van der Waals surface area (Å²) in [5.41, 5.74) is 2.42. The number of aromatic nitrogens is 2. The summed E-state index contributed by atoms with van der Waals surface area (Å²) in [6, 6.07) is 10.1. The molecule has 5 nitrogen and oxygen atoms in total. The zero-order valence-corrected chi connectivity index (χ0v) is 13.8. The van der Waals surface area contributed by atoms with Crippen molar-refractivity contribution in [3.63, 3.8) is 0 Å². The third-order valence-corrected chi connectivity index (χ3v) is 5.11. The van der Waals surface area contributed by atoms with Crippen LogP contribution in [0.4, 0.5) is 0 Å². The number of likely N-dealkylation sites (tertiary alicyclic amines) is 1. The largest absolute Gasteiger partial charge is 0.380 e. The standard InChI is InChI=1S/C19H23N3O2/c1-2-6-21-18(3-1)12-24-15-19-13-22(10-17(19)11-23-14-19)9-16-4-7-20-8-5-16/h1-8,17H,9-15H2/t17-,19+/m1/s1. The first-order valence-corrected chi connectivity index (χ1v) is 8.51. The Bertz CT molecular complexity index is 652. The highest BCUT2D eigenvalue weighted by atomic mass is 16.5. The van der Waals surface area contributed by atoms with Crippen LogP contribution in [-0.2, 0) is 22.6 Å². The molecule has 2 aromatic heterocycles. The summed E-state index contributed by atoms with van der Waals surface area (Å²) in [5.74, 6) is 0.558. The average molecular weight is 325 g/mol. The molecule has 4 heterocycles. The van der Waals surface area contributed by atoms with Crippen molar-refractivity contribution >= 4 is 0 Å². The number of fused-ring (bicyclic) bond motifs is 1. The van der Waals surface area contributed by atoms with E-state index in [-0.39, 0.29) is 5.41 Å². The lowest BCUT2D eigenvalue weighted by molar-refractivity contribution is 0.0171. The molecule has 0 N–H and O–H groups in total. The molecule has 2 fully saturated rings. The van der Waals surface area contributed by atoms with Gasteiger partial charge < -0.3 is 9.47 Å². The maximum Gasteiger partial charge on any atom is 0.0888 e. The van der Waals surface area contributed by atoms with Crippen molar-refractivity contribution < 1.29 is 9.47 Å². The van der Waals surface area contributed by atoms with Crippen molar-refractivity contribution in [1.29, 1.82) is 0 Å². The third-order valence-electron chi connectivity index (χ3n) is 5.11. The molecule has 5 heteroatoms. The fourth-order valence-electron chi connectivity index (χ4n) is 3.86. The molecule has 0 bridgehead atoms. The normalized spacial score (nSPS) is 26.6. The fourth-order valence-corrected chi connectivity index (χ4v) is 3.86. The number of hydrogen-bond acceptors (Lipinski definition) is 5. The van der Waals surface area contributed by atoms with Crippen LogP contribution in [0.3, 0.4) is 0 Å². The van der Waals surface area contributed by atoms with E-state index in [2.05, 4.69) is 27.0 Å². The van der Waals surface area contributed by atoms with Crippen LogP contribution in [0.1, 0.15) is 11.3 Å². The summed E-state index contributed by atoms with van der Waals surface area (Å²) in [6.45, 7) is 6.03. The topological polar surface area (TPSA) is 47.5 Å². The summed E-state index contributed by atoms with van der Waals surface area (Å²) in [7, 11) is 0. The molecule has 24 heavy (non-hydrogen) atoms. The second kappa shape index (κ2) is 6.97. The Labute approximate surface area is 142 Å². The van der Waals surface area contributed by atoms with Crippen LogP contribution in [0.25, 0.3) is 0 Å². The summed E-state index contributed by atoms with van der Waals surface area (Å²) in [5, 5.41) is 0. The monoisotopic (exact) mass is 325 g/mol. The van der Waals surface area contributed by atoms with Crippen LogP contribution in [0, 0.1) is 11.3 Å². The molecule has 2 aromatic rings. The Morgan fingerprint density at radius 1 is 1.21 bits per heavy atom. The average Bonchev–Trinajstić information content (AvgIpc) is 3.13. The van der Waals surface area contributed by atoms with Gasteiger partial charge in [-0.1, -0.05) is 6.07 Å². The molecule has 0 saturated carbocycles. The minimum Gasteiger partial charge on any atom is -0.380 e. The van der Waals surface area contributed by atoms with Crippen LogP contribution in [0.2, 0.25) is 0 Å². The highest BCUT2D eigenvalue weighted by Gasteiger charge is 2.50. The number of rotatable bonds is 6. The van der Waals surface area contributed by atoms with Gasteiger partial charge in [-0.05, 0) is 29.8 Å². The van der Waals surface area contributed by atoms with Crippen LogP contribution < -0.4 is 0 Å². The van der Waals surface area contributed by atoms with Gasteiger partial charge in [0.15, 0.2) is 0 Å². The molecule has 2 atom stereocenters. The number of nitrogens with zero attached hydrogens (tertiary/aromatic N) is 3. The number of ether oxygens (including phenoxy) is 2. The van der Waals surface area contributed by atoms with Crippen molar-refractivity contribution in [2.24, 2.45) is 11.3 Å². The lowest BCUT2D eigenvalue weighted by Crippen LogP contribution is -2.35. The molecule has 0 unspecified atom stereocenters. The quantitative estimate of drug-likeness (QED) is 0.814. The highest BCUT2D eigenvalue weighted by molar-refractivity contribution is 5.11. The zero-order chi connectivity index (χ0) is 16.2. The van der Waals surface area contributed by atoms with Gasteiger partial charge in [-0.3, -0.25) is 14.9 Å². The summed E-state index contributed by atoms with van der Waals surface area (Å²) in [6.07, 6.45) is 5.53. The predicted octanol–water partition coefficient (Wildman–Crippen LogP) is 2.14. The van der Waals surface area contributed by atoms with Gasteiger partial charge in [-0.15, -0.1) is 0 Å². The fraction of sp³-hybridized carbons (Fsp3) is 0.474. The maximum atomic E-state index is 6.03. The third kappa shape index (κ3) is 3.34. The lowest BCUT2D eigenvalue weighted by atomic mass is 9.82. The Morgan fingerprint density at radius 3 is 2.96 bits per heavy atom. The van der Waals surface area contributed by atoms with Gasteiger partial charge in [0, 0.05) is 49.6 Å². The number of pyridine rings is 2. The van der Waals surface area contributed by atoms with E-state index in [9.17, 15) is 0 Å². The molecule has 0 radical (unpaired) electrons. The Kier molecular flexibility index (Phi) is 4.56. The maximum absolute atomic E-state index is 6.03. The molecule has 126 valence electrons. The Hall–Kier alpha value is -1.82. The van der Waals surface area contributed by atoms with Gasteiger partial charge in [0.05, 0.1) is 32.1 Å². The molecular formula is C19H23N3O2. The minimum absolute atomic E-state index is 0.127. The van der Waals surface area contributed by atoms with Crippen molar-refractivity contribution in [3.8, 4) is 0 Å². The Morgan fingerprint density at radius 2 is 2.12 bits per heavy atom. The van der Waals surface area contributed by atoms with E-state index in [4.69, 9.17) is 9.47 Å². The van der Waals surface area contributed by atoms with Gasteiger partial charge in [-0.2, -0.15) is 0 Å². The van der Waals surface area contributed by atoms with Gasteiger partial charge >= 0.3 is 0 Å². The van der Waals surface area contributed by atoms with Crippen molar-refractivity contribution in [1.82, 2.24) is 14.9 Å². The summed E-state index contributed by atoms with van der Waals surface area (Å²) >= 11 is 0. The van der Waals surface area contributed by atoms with Crippen molar-refractivity contribution in [2.45, 2.75) is 13.2 Å². The molecule has 4 rings (SSSR count). The van der Waals surface area contributed by atoms with Gasteiger partial charge in [0.2, 0.25) is 0 Å². The van der Waals surface area contributed by atoms with Crippen LogP contribution in [0.5, 0.6) is 0 Å². The first-order chi connectivity index (χ1) is 11.8. The van der Waals surface area contributed by atoms with E-state index in [0.717, 1.165) is 45.1 Å². The van der Waals surface area contributed by atoms with Crippen LogP contribution in [0.15, 0.2) is 48.9 Å². The lowest BCUT2D eigenvalue weighted by Gasteiger charge is -2.27. The predicted molar refractivity (Wildman–Crippen MR) is 90.1 cm³/mol. The van der Waals surface area contributed by atoms with E-state index in [1.165, 1.54) is 5.56 Å². The molecule has 2 saturated heterocycles. The van der Waals surface area contributed by atoms with E-state index in [0.29, 0.717) is 12.5 Å². The van der Waals surface area contributed by atoms with E-state index in [1.807, 2.05) is 36.8 Å². The SMILES string of the molecule is c1ccc(COC[C@]23COC[C@H]2CN(Cc2ccncc2)C3)nc1.